The fraction of sp³-hybridized carbons (Fsp3) is 0.154. The summed E-state index contributed by atoms with van der Waals surface area (Å²) in [7, 11) is 0. The summed E-state index contributed by atoms with van der Waals surface area (Å²) in [6, 6.07) is 20.4. The van der Waals surface area contributed by atoms with E-state index in [1.807, 2.05) is 62.4 Å². The van der Waals surface area contributed by atoms with Crippen molar-refractivity contribution in [3.63, 3.8) is 0 Å². The topological polar surface area (TPSA) is 62.1 Å². The van der Waals surface area contributed by atoms with Crippen LogP contribution in [0.2, 0.25) is 10.0 Å². The average Bonchev–Trinajstić information content (AvgIpc) is 2.77. The maximum atomic E-state index is 12.7. The predicted octanol–water partition coefficient (Wildman–Crippen LogP) is 6.84. The SMILES string of the molecule is CCOc1cc(/C=C(\C#N)C(=O)Nc2cc(Cl)ccc2C)ccc1Cc1ccccc1Cl. The van der Waals surface area contributed by atoms with Gasteiger partial charge in [-0.05, 0) is 66.4 Å². The number of hydrogen-bond acceptors (Lipinski definition) is 3. The van der Waals surface area contributed by atoms with Gasteiger partial charge in [0, 0.05) is 22.2 Å². The van der Waals surface area contributed by atoms with E-state index in [4.69, 9.17) is 27.9 Å². The van der Waals surface area contributed by atoms with Crippen LogP contribution < -0.4 is 10.1 Å². The molecule has 4 nitrogen and oxygen atoms in total. The molecule has 0 radical (unpaired) electrons. The van der Waals surface area contributed by atoms with E-state index in [9.17, 15) is 10.1 Å². The molecule has 0 unspecified atom stereocenters. The van der Waals surface area contributed by atoms with E-state index < -0.39 is 5.91 Å². The number of nitriles is 1. The van der Waals surface area contributed by atoms with Gasteiger partial charge in [0.15, 0.2) is 0 Å². The Hall–Kier alpha value is -3.26. The van der Waals surface area contributed by atoms with Crippen LogP contribution >= 0.6 is 23.2 Å². The van der Waals surface area contributed by atoms with E-state index in [0.29, 0.717) is 40.1 Å². The summed E-state index contributed by atoms with van der Waals surface area (Å²) in [5.74, 6) is 0.181. The molecule has 3 aromatic carbocycles. The zero-order chi connectivity index (χ0) is 23.1. The molecule has 0 heterocycles. The molecule has 0 atom stereocenters. The third kappa shape index (κ3) is 5.91. The maximum Gasteiger partial charge on any atom is 0.266 e. The molecule has 6 heteroatoms. The Morgan fingerprint density at radius 1 is 1.09 bits per heavy atom. The van der Waals surface area contributed by atoms with Gasteiger partial charge in [0.05, 0.1) is 6.61 Å². The van der Waals surface area contributed by atoms with Crippen molar-refractivity contribution in [2.45, 2.75) is 20.3 Å². The molecule has 0 aromatic heterocycles. The molecule has 3 rings (SSSR count). The highest BCUT2D eigenvalue weighted by Crippen LogP contribution is 2.28. The van der Waals surface area contributed by atoms with Crippen molar-refractivity contribution >= 4 is 40.9 Å². The molecule has 32 heavy (non-hydrogen) atoms. The van der Waals surface area contributed by atoms with Crippen molar-refractivity contribution < 1.29 is 9.53 Å². The Labute approximate surface area is 198 Å². The number of aryl methyl sites for hydroxylation is 1. The van der Waals surface area contributed by atoms with Crippen LogP contribution in [0.5, 0.6) is 5.75 Å². The lowest BCUT2D eigenvalue weighted by atomic mass is 10.0. The molecule has 0 fully saturated rings. The first-order valence-electron chi connectivity index (χ1n) is 10.1. The Bertz CT molecular complexity index is 1210. The highest BCUT2D eigenvalue weighted by molar-refractivity contribution is 6.31. The summed E-state index contributed by atoms with van der Waals surface area (Å²) in [5, 5.41) is 13.5. The summed E-state index contributed by atoms with van der Waals surface area (Å²) in [5.41, 5.74) is 4.04. The minimum absolute atomic E-state index is 0.0225. The third-order valence-corrected chi connectivity index (χ3v) is 5.46. The minimum Gasteiger partial charge on any atom is -0.494 e. The number of anilines is 1. The number of benzene rings is 3. The van der Waals surface area contributed by atoms with E-state index in [2.05, 4.69) is 5.32 Å². The van der Waals surface area contributed by atoms with Gasteiger partial charge in [-0.2, -0.15) is 5.26 Å². The lowest BCUT2D eigenvalue weighted by Gasteiger charge is -2.12. The molecule has 162 valence electrons. The smallest absolute Gasteiger partial charge is 0.266 e. The number of hydrogen-bond donors (Lipinski definition) is 1. The number of halogens is 2. The minimum atomic E-state index is -0.504. The summed E-state index contributed by atoms with van der Waals surface area (Å²) in [4.78, 5) is 12.7. The number of rotatable bonds is 7. The second kappa shape index (κ2) is 10.9. The van der Waals surface area contributed by atoms with Crippen LogP contribution in [0.1, 0.15) is 29.2 Å². The molecule has 1 amide bonds. The van der Waals surface area contributed by atoms with Gasteiger partial charge in [-0.1, -0.05) is 59.6 Å². The van der Waals surface area contributed by atoms with Gasteiger partial charge in [0.25, 0.3) is 5.91 Å². The molecule has 3 aromatic rings. The first-order chi connectivity index (χ1) is 15.4. The predicted molar refractivity (Wildman–Crippen MR) is 130 cm³/mol. The van der Waals surface area contributed by atoms with Crippen LogP contribution in [-0.4, -0.2) is 12.5 Å². The summed E-state index contributed by atoms with van der Waals surface area (Å²) in [6.45, 7) is 4.25. The molecule has 0 aliphatic carbocycles. The Morgan fingerprint density at radius 3 is 2.59 bits per heavy atom. The number of amides is 1. The van der Waals surface area contributed by atoms with Crippen LogP contribution in [-0.2, 0) is 11.2 Å². The first kappa shape index (κ1) is 23.4. The third-order valence-electron chi connectivity index (χ3n) is 4.85. The second-order valence-corrected chi connectivity index (χ2v) is 8.00. The molecule has 0 spiro atoms. The molecular weight excluding hydrogens is 443 g/mol. The monoisotopic (exact) mass is 464 g/mol. The second-order valence-electron chi connectivity index (χ2n) is 7.15. The fourth-order valence-electron chi connectivity index (χ4n) is 3.18. The molecule has 0 bridgehead atoms. The normalized spacial score (nSPS) is 11.0. The Kier molecular flexibility index (Phi) is 7.94. The van der Waals surface area contributed by atoms with Crippen LogP contribution in [0.25, 0.3) is 6.08 Å². The molecule has 0 aliphatic heterocycles. The zero-order valence-corrected chi connectivity index (χ0v) is 19.3. The fourth-order valence-corrected chi connectivity index (χ4v) is 3.55. The van der Waals surface area contributed by atoms with E-state index in [1.165, 1.54) is 6.08 Å². The summed E-state index contributed by atoms with van der Waals surface area (Å²) in [6.07, 6.45) is 2.15. The largest absolute Gasteiger partial charge is 0.494 e. The van der Waals surface area contributed by atoms with Gasteiger partial charge in [0.2, 0.25) is 0 Å². The van der Waals surface area contributed by atoms with Crippen molar-refractivity contribution in [1.82, 2.24) is 0 Å². The number of nitrogens with zero attached hydrogens (tertiary/aromatic N) is 1. The molecule has 0 aliphatic rings. The molecule has 0 saturated carbocycles. The van der Waals surface area contributed by atoms with E-state index in [1.54, 1.807) is 18.2 Å². The first-order valence-corrected chi connectivity index (χ1v) is 10.8. The Morgan fingerprint density at radius 2 is 1.88 bits per heavy atom. The van der Waals surface area contributed by atoms with E-state index in [-0.39, 0.29) is 5.57 Å². The maximum absolute atomic E-state index is 12.7. The average molecular weight is 465 g/mol. The molecule has 0 saturated heterocycles. The van der Waals surface area contributed by atoms with Crippen LogP contribution in [0, 0.1) is 18.3 Å². The lowest BCUT2D eigenvalue weighted by Crippen LogP contribution is -2.14. The highest BCUT2D eigenvalue weighted by Gasteiger charge is 2.13. The van der Waals surface area contributed by atoms with Crippen LogP contribution in [0.3, 0.4) is 0 Å². The number of nitrogens with one attached hydrogen (secondary N) is 1. The summed E-state index contributed by atoms with van der Waals surface area (Å²) < 4.78 is 5.82. The number of ether oxygens (including phenoxy) is 1. The highest BCUT2D eigenvalue weighted by atomic mass is 35.5. The molecular formula is C26H22Cl2N2O2. The van der Waals surface area contributed by atoms with Crippen molar-refractivity contribution in [3.05, 3.63) is 98.5 Å². The Balaban J connectivity index is 1.87. The van der Waals surface area contributed by atoms with E-state index >= 15 is 0 Å². The summed E-state index contributed by atoms with van der Waals surface area (Å²) >= 11 is 12.3. The zero-order valence-electron chi connectivity index (χ0n) is 17.8. The van der Waals surface area contributed by atoms with Crippen molar-refractivity contribution in [2.75, 3.05) is 11.9 Å². The number of carbonyl (C=O) groups excluding carboxylic acids is 1. The van der Waals surface area contributed by atoms with Gasteiger partial charge in [-0.3, -0.25) is 4.79 Å². The quantitative estimate of drug-likeness (QED) is 0.307. The van der Waals surface area contributed by atoms with Crippen molar-refractivity contribution in [3.8, 4) is 11.8 Å². The standard InChI is InChI=1S/C26H22Cl2N2O2/c1-3-32-25-13-18(9-10-20(25)14-19-6-4-5-7-23(19)28)12-21(16-29)26(31)30-24-15-22(27)11-8-17(24)2/h4-13,15H,3,14H2,1-2H3,(H,30,31)/b21-12+. The van der Waals surface area contributed by atoms with Crippen molar-refractivity contribution in [1.29, 1.82) is 5.26 Å². The van der Waals surface area contributed by atoms with Gasteiger partial charge in [0.1, 0.15) is 17.4 Å². The lowest BCUT2D eigenvalue weighted by molar-refractivity contribution is -0.112. The van der Waals surface area contributed by atoms with Gasteiger partial charge < -0.3 is 10.1 Å². The van der Waals surface area contributed by atoms with Crippen molar-refractivity contribution in [2.24, 2.45) is 0 Å². The number of carbonyl (C=O) groups is 1. The van der Waals surface area contributed by atoms with Gasteiger partial charge in [-0.25, -0.2) is 0 Å². The molecule has 1 N–H and O–H groups in total. The van der Waals surface area contributed by atoms with Gasteiger partial charge >= 0.3 is 0 Å². The van der Waals surface area contributed by atoms with Crippen LogP contribution in [0.4, 0.5) is 5.69 Å². The van der Waals surface area contributed by atoms with Gasteiger partial charge in [-0.15, -0.1) is 0 Å². The van der Waals surface area contributed by atoms with Crippen LogP contribution in [0.15, 0.2) is 66.2 Å². The van der Waals surface area contributed by atoms with E-state index in [0.717, 1.165) is 16.7 Å².